The lowest BCUT2D eigenvalue weighted by Gasteiger charge is -2.06. The van der Waals surface area contributed by atoms with Gasteiger partial charge in [0.1, 0.15) is 5.69 Å². The number of aryl methyl sites for hydroxylation is 1. The van der Waals surface area contributed by atoms with E-state index in [1.807, 2.05) is 54.2 Å². The summed E-state index contributed by atoms with van der Waals surface area (Å²) in [4.78, 5) is 6.67. The van der Waals surface area contributed by atoms with Crippen LogP contribution in [0.3, 0.4) is 0 Å². The Morgan fingerprint density at radius 2 is 1.86 bits per heavy atom. The number of pyridine rings is 1. The van der Waals surface area contributed by atoms with Crippen molar-refractivity contribution in [3.8, 4) is 11.4 Å². The van der Waals surface area contributed by atoms with Crippen molar-refractivity contribution in [2.45, 2.75) is 29.7 Å². The topological polar surface area (TPSA) is 30.7 Å². The first-order chi connectivity index (χ1) is 13.5. The maximum Gasteiger partial charge on any atom is 0.263 e. The third-order valence-corrected chi connectivity index (χ3v) is 5.58. The van der Waals surface area contributed by atoms with Crippen LogP contribution in [0.15, 0.2) is 70.6 Å². The summed E-state index contributed by atoms with van der Waals surface area (Å²) < 4.78 is 27.7. The number of hydrogen-bond donors (Lipinski definition) is 0. The Hall–Kier alpha value is -2.44. The summed E-state index contributed by atoms with van der Waals surface area (Å²) in [6.45, 7) is 2.76. The van der Waals surface area contributed by atoms with E-state index in [-0.39, 0.29) is 5.56 Å². The fourth-order valence-electron chi connectivity index (χ4n) is 2.86. The monoisotopic (exact) mass is 415 g/mol. The van der Waals surface area contributed by atoms with Crippen molar-refractivity contribution in [1.82, 2.24) is 14.8 Å². The molecule has 3 nitrogen and oxygen atoms in total. The molecule has 0 aliphatic carbocycles. The van der Waals surface area contributed by atoms with Gasteiger partial charge in [0.15, 0.2) is 0 Å². The van der Waals surface area contributed by atoms with E-state index in [4.69, 9.17) is 11.6 Å². The van der Waals surface area contributed by atoms with Crippen molar-refractivity contribution in [3.05, 3.63) is 71.4 Å². The molecule has 0 aliphatic heterocycles. The number of aromatic nitrogens is 3. The molecule has 0 saturated carbocycles. The minimum atomic E-state index is -2.49. The van der Waals surface area contributed by atoms with Gasteiger partial charge in [-0.3, -0.25) is 4.68 Å². The van der Waals surface area contributed by atoms with Gasteiger partial charge in [0, 0.05) is 33.6 Å². The predicted molar refractivity (Wildman–Crippen MR) is 109 cm³/mol. The lowest BCUT2D eigenvalue weighted by atomic mass is 10.1. The van der Waals surface area contributed by atoms with Gasteiger partial charge in [-0.25, -0.2) is 13.8 Å². The van der Waals surface area contributed by atoms with Crippen LogP contribution in [0.2, 0.25) is 5.02 Å². The molecule has 0 unspecified atom stereocenters. The van der Waals surface area contributed by atoms with E-state index in [9.17, 15) is 8.78 Å². The van der Waals surface area contributed by atoms with Crippen molar-refractivity contribution < 1.29 is 8.78 Å². The van der Waals surface area contributed by atoms with Crippen molar-refractivity contribution >= 4 is 34.3 Å². The maximum atomic E-state index is 12.9. The van der Waals surface area contributed by atoms with Gasteiger partial charge in [-0.1, -0.05) is 35.5 Å². The molecule has 0 aliphatic rings. The van der Waals surface area contributed by atoms with Crippen LogP contribution in [0.25, 0.3) is 22.3 Å². The van der Waals surface area contributed by atoms with Crippen molar-refractivity contribution in [1.29, 1.82) is 0 Å². The van der Waals surface area contributed by atoms with Gasteiger partial charge in [0.2, 0.25) is 0 Å². The molecule has 0 N–H and O–H groups in total. The SMILES string of the molecule is CCn1cc(Sc2ccc(Cl)cc2)c(-c2ccc3cc(C(F)F)ccc3n2)n1. The molecular formula is C21H16ClF2N3S. The average molecular weight is 416 g/mol. The van der Waals surface area contributed by atoms with Gasteiger partial charge in [-0.15, -0.1) is 0 Å². The van der Waals surface area contributed by atoms with Crippen molar-refractivity contribution in [2.24, 2.45) is 0 Å². The van der Waals surface area contributed by atoms with Crippen LogP contribution >= 0.6 is 23.4 Å². The van der Waals surface area contributed by atoms with Crippen LogP contribution in [0, 0.1) is 0 Å². The number of hydrogen-bond acceptors (Lipinski definition) is 3. The summed E-state index contributed by atoms with van der Waals surface area (Å²) >= 11 is 7.56. The molecule has 0 bridgehead atoms. The Kier molecular flexibility index (Phi) is 5.33. The highest BCUT2D eigenvalue weighted by atomic mass is 35.5. The standard InChI is InChI=1S/C21H16ClF2N3S/c1-2-27-12-19(28-16-7-5-15(22)6-8-16)20(26-27)18-10-3-13-11-14(21(23)24)4-9-17(13)25-18/h3-12,21H,2H2,1H3. The van der Waals surface area contributed by atoms with E-state index < -0.39 is 6.43 Å². The second-order valence-electron chi connectivity index (χ2n) is 6.20. The number of alkyl halides is 2. The summed E-state index contributed by atoms with van der Waals surface area (Å²) in [6, 6.07) is 15.8. The first-order valence-electron chi connectivity index (χ1n) is 8.73. The molecule has 0 fully saturated rings. The molecule has 2 heterocycles. The van der Waals surface area contributed by atoms with Gasteiger partial charge in [0.05, 0.1) is 16.1 Å². The van der Waals surface area contributed by atoms with Crippen molar-refractivity contribution in [3.63, 3.8) is 0 Å². The molecule has 0 radical (unpaired) electrons. The molecule has 2 aromatic carbocycles. The highest BCUT2D eigenvalue weighted by Crippen LogP contribution is 2.36. The van der Waals surface area contributed by atoms with Crippen LogP contribution in [-0.4, -0.2) is 14.8 Å². The lowest BCUT2D eigenvalue weighted by Crippen LogP contribution is -1.95. The average Bonchev–Trinajstić information content (AvgIpc) is 3.11. The zero-order valence-electron chi connectivity index (χ0n) is 14.9. The third kappa shape index (κ3) is 3.88. The van der Waals surface area contributed by atoms with E-state index in [0.29, 0.717) is 21.6 Å². The lowest BCUT2D eigenvalue weighted by molar-refractivity contribution is 0.151. The normalized spacial score (nSPS) is 11.5. The molecule has 0 atom stereocenters. The fraction of sp³-hybridized carbons (Fsp3) is 0.143. The predicted octanol–water partition coefficient (Wildman–Crippen LogP) is 6.86. The van der Waals surface area contributed by atoms with Crippen LogP contribution < -0.4 is 0 Å². The van der Waals surface area contributed by atoms with Crippen LogP contribution in [0.5, 0.6) is 0 Å². The molecule has 0 amide bonds. The van der Waals surface area contributed by atoms with E-state index in [1.54, 1.807) is 17.8 Å². The molecule has 2 aromatic heterocycles. The van der Waals surface area contributed by atoms with Gasteiger partial charge >= 0.3 is 0 Å². The minimum Gasteiger partial charge on any atom is -0.271 e. The largest absolute Gasteiger partial charge is 0.271 e. The molecule has 142 valence electrons. The molecule has 28 heavy (non-hydrogen) atoms. The van der Waals surface area contributed by atoms with Gasteiger partial charge < -0.3 is 0 Å². The molecule has 0 saturated heterocycles. The number of fused-ring (bicyclic) bond motifs is 1. The Labute approximate surface area is 170 Å². The summed E-state index contributed by atoms with van der Waals surface area (Å²) in [5.41, 5.74) is 2.13. The smallest absolute Gasteiger partial charge is 0.263 e. The molecule has 4 rings (SSSR count). The summed E-state index contributed by atoms with van der Waals surface area (Å²) in [6.07, 6.45) is -0.507. The molecule has 4 aromatic rings. The van der Waals surface area contributed by atoms with Gasteiger partial charge in [-0.2, -0.15) is 5.10 Å². The minimum absolute atomic E-state index is 0.00343. The first-order valence-corrected chi connectivity index (χ1v) is 9.93. The number of halogens is 3. The van der Waals surface area contributed by atoms with Gasteiger partial charge in [-0.05, 0) is 49.4 Å². The van der Waals surface area contributed by atoms with Crippen molar-refractivity contribution in [2.75, 3.05) is 0 Å². The van der Waals surface area contributed by atoms with Crippen LogP contribution in [0.1, 0.15) is 18.9 Å². The second-order valence-corrected chi connectivity index (χ2v) is 7.75. The molecular weight excluding hydrogens is 400 g/mol. The van der Waals surface area contributed by atoms with E-state index in [2.05, 4.69) is 10.1 Å². The highest BCUT2D eigenvalue weighted by Gasteiger charge is 2.15. The first kappa shape index (κ1) is 18.9. The number of rotatable bonds is 5. The summed E-state index contributed by atoms with van der Waals surface area (Å²) in [7, 11) is 0. The molecule has 0 spiro atoms. The van der Waals surface area contributed by atoms with E-state index in [0.717, 1.165) is 22.0 Å². The second kappa shape index (κ2) is 7.89. The highest BCUT2D eigenvalue weighted by molar-refractivity contribution is 7.99. The number of nitrogens with zero attached hydrogens (tertiary/aromatic N) is 3. The molecule has 7 heteroatoms. The van der Waals surface area contributed by atoms with E-state index >= 15 is 0 Å². The summed E-state index contributed by atoms with van der Waals surface area (Å²) in [5, 5.41) is 6.02. The van der Waals surface area contributed by atoms with Crippen LogP contribution in [-0.2, 0) is 6.54 Å². The Morgan fingerprint density at radius 3 is 2.57 bits per heavy atom. The van der Waals surface area contributed by atoms with E-state index in [1.165, 1.54) is 12.1 Å². The fourth-order valence-corrected chi connectivity index (χ4v) is 3.93. The third-order valence-electron chi connectivity index (χ3n) is 4.30. The number of benzene rings is 2. The zero-order chi connectivity index (χ0) is 19.7. The zero-order valence-corrected chi connectivity index (χ0v) is 16.5. The van der Waals surface area contributed by atoms with Gasteiger partial charge in [0.25, 0.3) is 6.43 Å². The summed E-state index contributed by atoms with van der Waals surface area (Å²) in [5.74, 6) is 0. The Morgan fingerprint density at radius 1 is 1.07 bits per heavy atom. The quantitative estimate of drug-likeness (QED) is 0.356. The Balaban J connectivity index is 1.74. The maximum absolute atomic E-state index is 12.9. The van der Waals surface area contributed by atoms with Crippen LogP contribution in [0.4, 0.5) is 8.78 Å². The Bertz CT molecular complexity index is 1130.